The Kier molecular flexibility index (Phi) is 2.35. The molecule has 56 valence electrons. The van der Waals surface area contributed by atoms with Crippen molar-refractivity contribution in [3.8, 4) is 0 Å². The minimum atomic E-state index is -0.250. The predicted octanol–water partition coefficient (Wildman–Crippen LogP) is 0.567. The Morgan fingerprint density at radius 1 is 1.50 bits per heavy atom. The highest BCUT2D eigenvalue weighted by molar-refractivity contribution is 6.12. The van der Waals surface area contributed by atoms with E-state index in [1.54, 1.807) is 0 Å². The molecule has 1 aliphatic rings. The van der Waals surface area contributed by atoms with E-state index >= 15 is 0 Å². The SMILES string of the molecule is C.C=C1CC(=O)N(C)C1=O. The number of carbonyl (C=O) groups is 2. The molecule has 1 heterocycles. The number of amides is 2. The third-order valence-electron chi connectivity index (χ3n) is 1.35. The quantitative estimate of drug-likeness (QED) is 0.365. The van der Waals surface area contributed by atoms with Crippen molar-refractivity contribution in [2.45, 2.75) is 13.8 Å². The molecule has 1 rings (SSSR count). The smallest absolute Gasteiger partial charge is 0.256 e. The first-order valence-corrected chi connectivity index (χ1v) is 2.61. The Morgan fingerprint density at radius 3 is 2.10 bits per heavy atom. The number of likely N-dealkylation sites (N-methyl/N-ethyl adjacent to an activating group) is 1. The Balaban J connectivity index is 0.000000810. The molecule has 0 aromatic heterocycles. The highest BCUT2D eigenvalue weighted by Gasteiger charge is 2.28. The molecule has 1 fully saturated rings. The van der Waals surface area contributed by atoms with Crippen LogP contribution in [-0.2, 0) is 9.59 Å². The van der Waals surface area contributed by atoms with Gasteiger partial charge < -0.3 is 0 Å². The van der Waals surface area contributed by atoms with Crippen molar-refractivity contribution in [3.63, 3.8) is 0 Å². The van der Waals surface area contributed by atoms with E-state index in [1.807, 2.05) is 0 Å². The summed E-state index contributed by atoms with van der Waals surface area (Å²) in [5, 5.41) is 0. The lowest BCUT2D eigenvalue weighted by atomic mass is 10.3. The van der Waals surface area contributed by atoms with Crippen molar-refractivity contribution in [1.82, 2.24) is 4.90 Å². The second kappa shape index (κ2) is 2.64. The monoisotopic (exact) mass is 141 g/mol. The summed E-state index contributed by atoms with van der Waals surface area (Å²) < 4.78 is 0. The number of hydrogen-bond donors (Lipinski definition) is 0. The van der Waals surface area contributed by atoms with Crippen molar-refractivity contribution in [2.24, 2.45) is 0 Å². The lowest BCUT2D eigenvalue weighted by molar-refractivity contribution is -0.135. The van der Waals surface area contributed by atoms with Crippen molar-refractivity contribution in [3.05, 3.63) is 12.2 Å². The maximum absolute atomic E-state index is 10.7. The molecule has 0 aliphatic carbocycles. The minimum absolute atomic E-state index is 0. The van der Waals surface area contributed by atoms with Crippen molar-refractivity contribution in [1.29, 1.82) is 0 Å². The van der Waals surface area contributed by atoms with Gasteiger partial charge in [-0.1, -0.05) is 14.0 Å². The van der Waals surface area contributed by atoms with E-state index < -0.39 is 0 Å². The Bertz CT molecular complexity index is 196. The summed E-state index contributed by atoms with van der Waals surface area (Å²) in [5.41, 5.74) is 0.391. The van der Waals surface area contributed by atoms with Gasteiger partial charge in [0.25, 0.3) is 5.91 Å². The number of hydrogen-bond acceptors (Lipinski definition) is 2. The molecule has 0 atom stereocenters. The normalized spacial score (nSPS) is 17.7. The van der Waals surface area contributed by atoms with Gasteiger partial charge in [-0.3, -0.25) is 14.5 Å². The van der Waals surface area contributed by atoms with Crippen LogP contribution in [0.2, 0.25) is 0 Å². The second-order valence-corrected chi connectivity index (χ2v) is 2.04. The Hall–Kier alpha value is -1.12. The molecule has 0 bridgehead atoms. The number of rotatable bonds is 0. The highest BCUT2D eigenvalue weighted by atomic mass is 16.2. The lowest BCUT2D eigenvalue weighted by Crippen LogP contribution is -2.23. The Morgan fingerprint density at radius 2 is 2.00 bits per heavy atom. The molecule has 0 radical (unpaired) electrons. The molecule has 1 aliphatic heterocycles. The van der Waals surface area contributed by atoms with Gasteiger partial charge in [-0.25, -0.2) is 0 Å². The lowest BCUT2D eigenvalue weighted by Gasteiger charge is -2.01. The molecule has 0 N–H and O–H groups in total. The summed E-state index contributed by atoms with van der Waals surface area (Å²) in [6.45, 7) is 3.42. The topological polar surface area (TPSA) is 37.4 Å². The minimum Gasteiger partial charge on any atom is -0.282 e. The number of nitrogens with zero attached hydrogens (tertiary/aromatic N) is 1. The molecule has 0 unspecified atom stereocenters. The van der Waals surface area contributed by atoms with Crippen LogP contribution in [0.3, 0.4) is 0 Å². The van der Waals surface area contributed by atoms with Crippen LogP contribution in [0, 0.1) is 0 Å². The molecular weight excluding hydrogens is 130 g/mol. The van der Waals surface area contributed by atoms with Gasteiger partial charge in [-0.15, -0.1) is 0 Å². The van der Waals surface area contributed by atoms with E-state index in [-0.39, 0.29) is 25.7 Å². The average molecular weight is 141 g/mol. The van der Waals surface area contributed by atoms with E-state index in [4.69, 9.17) is 0 Å². The van der Waals surface area contributed by atoms with Gasteiger partial charge in [-0.2, -0.15) is 0 Å². The molecular formula is C7H11NO2. The first kappa shape index (κ1) is 8.88. The zero-order chi connectivity index (χ0) is 7.02. The number of imide groups is 1. The summed E-state index contributed by atoms with van der Waals surface area (Å²) >= 11 is 0. The maximum atomic E-state index is 10.7. The van der Waals surface area contributed by atoms with Gasteiger partial charge >= 0.3 is 0 Å². The molecule has 0 saturated carbocycles. The Labute approximate surface area is 60.3 Å². The molecule has 3 heteroatoms. The van der Waals surface area contributed by atoms with Gasteiger partial charge in [-0.05, 0) is 0 Å². The van der Waals surface area contributed by atoms with Crippen molar-refractivity contribution < 1.29 is 9.59 Å². The van der Waals surface area contributed by atoms with Crippen LogP contribution in [0.4, 0.5) is 0 Å². The van der Waals surface area contributed by atoms with Gasteiger partial charge in [0, 0.05) is 12.6 Å². The molecule has 10 heavy (non-hydrogen) atoms. The van der Waals surface area contributed by atoms with Crippen LogP contribution in [0.25, 0.3) is 0 Å². The fraction of sp³-hybridized carbons (Fsp3) is 0.429. The summed E-state index contributed by atoms with van der Waals surface area (Å²) in [5.74, 6) is -0.412. The third kappa shape index (κ3) is 1.07. The van der Waals surface area contributed by atoms with Crippen molar-refractivity contribution >= 4 is 11.8 Å². The average Bonchev–Trinajstić information content (AvgIpc) is 1.98. The largest absolute Gasteiger partial charge is 0.282 e. The second-order valence-electron chi connectivity index (χ2n) is 2.04. The molecule has 0 aromatic rings. The van der Waals surface area contributed by atoms with Gasteiger partial charge in [0.15, 0.2) is 0 Å². The molecule has 3 nitrogen and oxygen atoms in total. The van der Waals surface area contributed by atoms with E-state index in [2.05, 4.69) is 6.58 Å². The zero-order valence-electron chi connectivity index (χ0n) is 5.18. The van der Waals surface area contributed by atoms with E-state index in [0.717, 1.165) is 4.90 Å². The maximum Gasteiger partial charge on any atom is 0.256 e. The summed E-state index contributed by atoms with van der Waals surface area (Å²) in [6, 6.07) is 0. The van der Waals surface area contributed by atoms with Crippen LogP contribution >= 0.6 is 0 Å². The van der Waals surface area contributed by atoms with Crippen molar-refractivity contribution in [2.75, 3.05) is 7.05 Å². The highest BCUT2D eigenvalue weighted by Crippen LogP contribution is 2.13. The van der Waals surface area contributed by atoms with E-state index in [0.29, 0.717) is 5.57 Å². The molecule has 0 spiro atoms. The summed E-state index contributed by atoms with van der Waals surface area (Å²) in [6.07, 6.45) is 0.190. The standard InChI is InChI=1S/C6H7NO2.CH4/c1-4-3-5(8)7(2)6(4)9;/h1,3H2,2H3;1H4. The third-order valence-corrected chi connectivity index (χ3v) is 1.35. The van der Waals surface area contributed by atoms with Gasteiger partial charge in [0.05, 0.1) is 6.42 Å². The fourth-order valence-corrected chi connectivity index (χ4v) is 0.727. The number of carbonyl (C=O) groups excluding carboxylic acids is 2. The summed E-state index contributed by atoms with van der Waals surface area (Å²) in [4.78, 5) is 22.4. The van der Waals surface area contributed by atoms with E-state index in [1.165, 1.54) is 7.05 Å². The van der Waals surface area contributed by atoms with Crippen LogP contribution < -0.4 is 0 Å². The van der Waals surface area contributed by atoms with Crippen LogP contribution in [0.1, 0.15) is 13.8 Å². The zero-order valence-corrected chi connectivity index (χ0v) is 5.18. The van der Waals surface area contributed by atoms with Crippen LogP contribution in [0.5, 0.6) is 0 Å². The fourth-order valence-electron chi connectivity index (χ4n) is 0.727. The molecule has 2 amide bonds. The van der Waals surface area contributed by atoms with Gasteiger partial charge in [0.1, 0.15) is 0 Å². The number of likely N-dealkylation sites (tertiary alicyclic amines) is 1. The summed E-state index contributed by atoms with van der Waals surface area (Å²) in [7, 11) is 1.46. The first-order chi connectivity index (χ1) is 4.13. The predicted molar refractivity (Wildman–Crippen MR) is 38.3 cm³/mol. The first-order valence-electron chi connectivity index (χ1n) is 2.61. The molecule has 1 saturated heterocycles. The van der Waals surface area contributed by atoms with E-state index in [9.17, 15) is 9.59 Å². The van der Waals surface area contributed by atoms with Crippen LogP contribution in [0.15, 0.2) is 12.2 Å². The van der Waals surface area contributed by atoms with Gasteiger partial charge in [0.2, 0.25) is 5.91 Å². The van der Waals surface area contributed by atoms with Crippen LogP contribution in [-0.4, -0.2) is 23.8 Å². The molecule has 0 aromatic carbocycles.